The van der Waals surface area contributed by atoms with Crippen LogP contribution in [0.25, 0.3) is 6.08 Å². The van der Waals surface area contributed by atoms with Crippen LogP contribution < -0.4 is 4.90 Å². The highest BCUT2D eigenvalue weighted by atomic mass is 35.5. The first-order valence-electron chi connectivity index (χ1n) is 9.68. The predicted octanol–water partition coefficient (Wildman–Crippen LogP) is 7.03. The van der Waals surface area contributed by atoms with Gasteiger partial charge in [0.05, 0.1) is 4.91 Å². The molecule has 1 saturated heterocycles. The first-order valence-corrected chi connectivity index (χ1v) is 10.9. The summed E-state index contributed by atoms with van der Waals surface area (Å²) in [5.74, 6) is 0.0263. The molecule has 3 aromatic carbocycles. The Morgan fingerprint density at radius 3 is 2.24 bits per heavy atom. The fourth-order valence-electron chi connectivity index (χ4n) is 3.35. The molecular formula is C25H22ClNOS. The molecule has 0 N–H and O–H groups in total. The van der Waals surface area contributed by atoms with Crippen LogP contribution in [-0.4, -0.2) is 5.91 Å². The van der Waals surface area contributed by atoms with Gasteiger partial charge in [-0.15, -0.1) is 0 Å². The minimum atomic E-state index is -0.122. The van der Waals surface area contributed by atoms with E-state index in [9.17, 15) is 4.79 Å². The van der Waals surface area contributed by atoms with Gasteiger partial charge in [-0.05, 0) is 60.4 Å². The molecule has 4 heteroatoms. The van der Waals surface area contributed by atoms with E-state index >= 15 is 0 Å². The minimum Gasteiger partial charge on any atom is -0.291 e. The van der Waals surface area contributed by atoms with Gasteiger partial charge in [-0.2, -0.15) is 0 Å². The smallest absolute Gasteiger partial charge is 0.266 e. The second kappa shape index (κ2) is 8.48. The molecule has 4 rings (SSSR count). The van der Waals surface area contributed by atoms with Crippen LogP contribution in [0.4, 0.5) is 5.69 Å². The highest BCUT2D eigenvalue weighted by molar-refractivity contribution is 8.05. The van der Waals surface area contributed by atoms with E-state index < -0.39 is 0 Å². The lowest BCUT2D eigenvalue weighted by atomic mass is 10.1. The van der Waals surface area contributed by atoms with Crippen molar-refractivity contribution in [2.45, 2.75) is 25.6 Å². The summed E-state index contributed by atoms with van der Waals surface area (Å²) in [7, 11) is 0. The van der Waals surface area contributed by atoms with E-state index in [4.69, 9.17) is 11.6 Å². The largest absolute Gasteiger partial charge is 0.291 e. The molecule has 1 aliphatic heterocycles. The third-order valence-electron chi connectivity index (χ3n) is 5.06. The van der Waals surface area contributed by atoms with Gasteiger partial charge in [-0.3, -0.25) is 9.69 Å². The molecule has 1 amide bonds. The number of hydrogen-bond acceptors (Lipinski definition) is 2. The van der Waals surface area contributed by atoms with Crippen molar-refractivity contribution in [2.24, 2.45) is 0 Å². The molecule has 0 saturated carbocycles. The number of carbonyl (C=O) groups excluding carboxylic acids is 1. The van der Waals surface area contributed by atoms with Crippen LogP contribution in [0, 0.1) is 6.92 Å². The Bertz CT molecular complexity index is 1040. The Balaban J connectivity index is 1.73. The van der Waals surface area contributed by atoms with E-state index in [2.05, 4.69) is 31.2 Å². The quantitative estimate of drug-likeness (QED) is 0.423. The standard InChI is InChI=1S/C25H22ClNOS/c1-3-18-6-8-19(9-7-18)16-23-24(28)27(22-14-4-17(2)5-15-22)25(29-23)20-10-12-21(26)13-11-20/h4-16,25H,3H2,1-2H3/b23-16+. The van der Waals surface area contributed by atoms with Crippen LogP contribution in [0.15, 0.2) is 77.7 Å². The van der Waals surface area contributed by atoms with E-state index in [1.54, 1.807) is 11.8 Å². The van der Waals surface area contributed by atoms with Crippen molar-refractivity contribution in [3.63, 3.8) is 0 Å². The second-order valence-electron chi connectivity index (χ2n) is 7.14. The maximum absolute atomic E-state index is 13.4. The number of carbonyl (C=O) groups is 1. The van der Waals surface area contributed by atoms with Crippen LogP contribution >= 0.6 is 23.4 Å². The zero-order valence-electron chi connectivity index (χ0n) is 16.4. The Kier molecular flexibility index (Phi) is 5.79. The normalized spacial score (nSPS) is 17.9. The van der Waals surface area contributed by atoms with E-state index in [1.165, 1.54) is 11.1 Å². The monoisotopic (exact) mass is 419 g/mol. The maximum Gasteiger partial charge on any atom is 0.266 e. The number of amides is 1. The predicted molar refractivity (Wildman–Crippen MR) is 124 cm³/mol. The van der Waals surface area contributed by atoms with Crippen LogP contribution in [-0.2, 0) is 11.2 Å². The van der Waals surface area contributed by atoms with E-state index in [0.29, 0.717) is 5.02 Å². The van der Waals surface area contributed by atoms with E-state index in [-0.39, 0.29) is 11.3 Å². The molecule has 1 unspecified atom stereocenters. The van der Waals surface area contributed by atoms with E-state index in [0.717, 1.165) is 28.1 Å². The highest BCUT2D eigenvalue weighted by Gasteiger charge is 2.38. The van der Waals surface area contributed by atoms with Gasteiger partial charge >= 0.3 is 0 Å². The van der Waals surface area contributed by atoms with E-state index in [1.807, 2.05) is 66.4 Å². The van der Waals surface area contributed by atoms with Gasteiger partial charge in [-0.25, -0.2) is 0 Å². The summed E-state index contributed by atoms with van der Waals surface area (Å²) in [5, 5.41) is 0.570. The van der Waals surface area contributed by atoms with Crippen molar-refractivity contribution in [3.8, 4) is 0 Å². The summed E-state index contributed by atoms with van der Waals surface area (Å²) in [5.41, 5.74) is 5.45. The molecule has 0 aliphatic carbocycles. The zero-order chi connectivity index (χ0) is 20.4. The number of thioether (sulfide) groups is 1. The average molecular weight is 420 g/mol. The Morgan fingerprint density at radius 1 is 0.966 bits per heavy atom. The lowest BCUT2D eigenvalue weighted by Gasteiger charge is -2.24. The van der Waals surface area contributed by atoms with Gasteiger partial charge in [-0.1, -0.05) is 84.4 Å². The number of anilines is 1. The molecule has 0 spiro atoms. The highest BCUT2D eigenvalue weighted by Crippen LogP contribution is 2.48. The van der Waals surface area contributed by atoms with Gasteiger partial charge < -0.3 is 0 Å². The number of rotatable bonds is 4. The molecule has 3 aromatic rings. The van der Waals surface area contributed by atoms with Gasteiger partial charge in [0.25, 0.3) is 5.91 Å². The number of aryl methyl sites for hydroxylation is 2. The molecular weight excluding hydrogens is 398 g/mol. The fraction of sp³-hybridized carbons (Fsp3) is 0.160. The Labute approximate surface area is 181 Å². The molecule has 0 aromatic heterocycles. The summed E-state index contributed by atoms with van der Waals surface area (Å²) >= 11 is 7.66. The summed E-state index contributed by atoms with van der Waals surface area (Å²) in [6, 6.07) is 24.2. The van der Waals surface area contributed by atoms with Crippen molar-refractivity contribution < 1.29 is 4.79 Å². The lowest BCUT2D eigenvalue weighted by Crippen LogP contribution is -2.27. The van der Waals surface area contributed by atoms with Crippen molar-refractivity contribution in [1.82, 2.24) is 0 Å². The summed E-state index contributed by atoms with van der Waals surface area (Å²) in [4.78, 5) is 16.0. The molecule has 0 bridgehead atoms. The first kappa shape index (κ1) is 19.8. The minimum absolute atomic E-state index is 0.0263. The topological polar surface area (TPSA) is 20.3 Å². The van der Waals surface area contributed by atoms with Crippen LogP contribution in [0.3, 0.4) is 0 Å². The SMILES string of the molecule is CCc1ccc(/C=C2/SC(c3ccc(Cl)cc3)N(c3ccc(C)cc3)C2=O)cc1. The van der Waals surface area contributed by atoms with Crippen molar-refractivity contribution >= 4 is 41.0 Å². The number of nitrogens with zero attached hydrogens (tertiary/aromatic N) is 1. The van der Waals surface area contributed by atoms with Gasteiger partial charge in [0, 0.05) is 10.7 Å². The van der Waals surface area contributed by atoms with Crippen molar-refractivity contribution in [1.29, 1.82) is 0 Å². The van der Waals surface area contributed by atoms with Gasteiger partial charge in [0.2, 0.25) is 0 Å². The van der Waals surface area contributed by atoms with Gasteiger partial charge in [0.1, 0.15) is 5.37 Å². The molecule has 1 heterocycles. The molecule has 0 radical (unpaired) electrons. The molecule has 1 fully saturated rings. The molecule has 1 atom stereocenters. The average Bonchev–Trinajstić information content (AvgIpc) is 3.06. The molecule has 1 aliphatic rings. The van der Waals surface area contributed by atoms with Gasteiger partial charge in [0.15, 0.2) is 0 Å². The zero-order valence-corrected chi connectivity index (χ0v) is 18.0. The second-order valence-corrected chi connectivity index (χ2v) is 8.69. The molecule has 146 valence electrons. The van der Waals surface area contributed by atoms with Crippen LogP contribution in [0.1, 0.15) is 34.6 Å². The fourth-order valence-corrected chi connectivity index (χ4v) is 4.73. The number of halogens is 1. The van der Waals surface area contributed by atoms with Crippen molar-refractivity contribution in [2.75, 3.05) is 4.90 Å². The Hall–Kier alpha value is -2.49. The van der Waals surface area contributed by atoms with Crippen LogP contribution in [0.5, 0.6) is 0 Å². The summed E-state index contributed by atoms with van der Waals surface area (Å²) in [6.45, 7) is 4.19. The van der Waals surface area contributed by atoms with Crippen LogP contribution in [0.2, 0.25) is 5.02 Å². The lowest BCUT2D eigenvalue weighted by molar-refractivity contribution is -0.114. The first-order chi connectivity index (χ1) is 14.0. The molecule has 29 heavy (non-hydrogen) atoms. The summed E-state index contributed by atoms with van der Waals surface area (Å²) < 4.78 is 0. The number of benzene rings is 3. The number of hydrogen-bond donors (Lipinski definition) is 0. The maximum atomic E-state index is 13.4. The summed E-state index contributed by atoms with van der Waals surface area (Å²) in [6.07, 6.45) is 2.99. The third kappa shape index (κ3) is 4.26. The molecule has 2 nitrogen and oxygen atoms in total. The van der Waals surface area contributed by atoms with Crippen molar-refractivity contribution in [3.05, 3.63) is 105 Å². The third-order valence-corrected chi connectivity index (χ3v) is 6.56. The Morgan fingerprint density at radius 2 is 1.62 bits per heavy atom.